The van der Waals surface area contributed by atoms with Crippen LogP contribution in [0.5, 0.6) is 0 Å². The Morgan fingerprint density at radius 2 is 2.20 bits per heavy atom. The zero-order valence-electron chi connectivity index (χ0n) is 10.3. The van der Waals surface area contributed by atoms with E-state index in [0.717, 1.165) is 25.0 Å². The predicted molar refractivity (Wildman–Crippen MR) is 63.8 cm³/mol. The second kappa shape index (κ2) is 4.79. The quantitative estimate of drug-likeness (QED) is 0.809. The first-order valence-electron chi connectivity index (χ1n) is 5.77. The van der Waals surface area contributed by atoms with E-state index < -0.39 is 0 Å². The molecule has 2 N–H and O–H groups in total. The summed E-state index contributed by atoms with van der Waals surface area (Å²) in [4.78, 5) is 0. The van der Waals surface area contributed by atoms with Gasteiger partial charge in [-0.3, -0.25) is 4.68 Å². The van der Waals surface area contributed by atoms with Gasteiger partial charge in [0, 0.05) is 24.2 Å². The predicted octanol–water partition coefficient (Wildman–Crippen LogP) is 2.52. The van der Waals surface area contributed by atoms with E-state index in [2.05, 4.69) is 38.9 Å². The molecule has 0 amide bonds. The van der Waals surface area contributed by atoms with Crippen LogP contribution in [0.4, 0.5) is 0 Å². The van der Waals surface area contributed by atoms with Crippen molar-refractivity contribution in [1.82, 2.24) is 9.78 Å². The topological polar surface area (TPSA) is 43.8 Å². The van der Waals surface area contributed by atoms with Crippen molar-refractivity contribution in [2.45, 2.75) is 58.5 Å². The van der Waals surface area contributed by atoms with Crippen LogP contribution in [0.1, 0.15) is 52.3 Å². The smallest absolute Gasteiger partial charge is 0.0642 e. The minimum Gasteiger partial charge on any atom is -0.325 e. The van der Waals surface area contributed by atoms with E-state index in [-0.39, 0.29) is 5.54 Å². The fourth-order valence-electron chi connectivity index (χ4n) is 1.83. The van der Waals surface area contributed by atoms with E-state index in [1.54, 1.807) is 0 Å². The molecule has 1 atom stereocenters. The highest BCUT2D eigenvalue weighted by Crippen LogP contribution is 2.15. The lowest BCUT2D eigenvalue weighted by molar-refractivity contribution is 0.415. The van der Waals surface area contributed by atoms with Gasteiger partial charge in [-0.05, 0) is 33.3 Å². The number of rotatable bonds is 5. The molecule has 0 saturated heterocycles. The summed E-state index contributed by atoms with van der Waals surface area (Å²) < 4.78 is 1.98. The molecule has 0 saturated carbocycles. The molecule has 0 fully saturated rings. The average Bonchev–Trinajstić information content (AvgIpc) is 2.51. The first-order chi connectivity index (χ1) is 6.94. The highest BCUT2D eigenvalue weighted by Gasteiger charge is 2.19. The zero-order chi connectivity index (χ0) is 11.5. The van der Waals surface area contributed by atoms with E-state index in [1.165, 1.54) is 0 Å². The molecule has 1 unspecified atom stereocenters. The lowest BCUT2D eigenvalue weighted by Gasteiger charge is -2.22. The highest BCUT2D eigenvalue weighted by atomic mass is 15.3. The molecule has 0 radical (unpaired) electrons. The normalized spacial score (nSPS) is 15.6. The van der Waals surface area contributed by atoms with Gasteiger partial charge in [0.05, 0.1) is 5.69 Å². The van der Waals surface area contributed by atoms with Crippen LogP contribution in [0.3, 0.4) is 0 Å². The van der Waals surface area contributed by atoms with Crippen molar-refractivity contribution in [3.8, 4) is 0 Å². The maximum Gasteiger partial charge on any atom is 0.0642 e. The Kier molecular flexibility index (Phi) is 3.91. The molecule has 3 heteroatoms. The van der Waals surface area contributed by atoms with Crippen LogP contribution in [-0.2, 0) is 6.42 Å². The molecule has 0 aliphatic rings. The summed E-state index contributed by atoms with van der Waals surface area (Å²) in [7, 11) is 0. The van der Waals surface area contributed by atoms with Gasteiger partial charge in [-0.25, -0.2) is 0 Å². The molecule has 0 spiro atoms. The number of nitrogens with two attached hydrogens (primary N) is 1. The van der Waals surface area contributed by atoms with E-state index in [4.69, 9.17) is 5.73 Å². The Hall–Kier alpha value is -0.830. The Morgan fingerprint density at radius 1 is 1.53 bits per heavy atom. The van der Waals surface area contributed by atoms with Gasteiger partial charge < -0.3 is 5.73 Å². The molecule has 15 heavy (non-hydrogen) atoms. The molecular weight excluding hydrogens is 186 g/mol. The third kappa shape index (κ3) is 3.67. The highest BCUT2D eigenvalue weighted by molar-refractivity contribution is 5.04. The van der Waals surface area contributed by atoms with E-state index >= 15 is 0 Å². The van der Waals surface area contributed by atoms with Crippen molar-refractivity contribution in [2.24, 2.45) is 5.73 Å². The van der Waals surface area contributed by atoms with Crippen LogP contribution in [0.25, 0.3) is 0 Å². The molecule has 0 aliphatic carbocycles. The fourth-order valence-corrected chi connectivity index (χ4v) is 1.83. The van der Waals surface area contributed by atoms with Gasteiger partial charge in [0.2, 0.25) is 0 Å². The summed E-state index contributed by atoms with van der Waals surface area (Å²) in [5, 5.41) is 4.51. The van der Waals surface area contributed by atoms with Gasteiger partial charge >= 0.3 is 0 Å². The summed E-state index contributed by atoms with van der Waals surface area (Å²) in [5.74, 6) is 0. The van der Waals surface area contributed by atoms with Gasteiger partial charge in [0.25, 0.3) is 0 Å². The molecule has 0 bridgehead atoms. The SMILES string of the molecule is CCCC(C)(N)Cc1ccn(C(C)C)n1. The van der Waals surface area contributed by atoms with Crippen LogP contribution in [0, 0.1) is 0 Å². The lowest BCUT2D eigenvalue weighted by Crippen LogP contribution is -2.38. The van der Waals surface area contributed by atoms with E-state index in [0.29, 0.717) is 6.04 Å². The van der Waals surface area contributed by atoms with Crippen molar-refractivity contribution >= 4 is 0 Å². The largest absolute Gasteiger partial charge is 0.325 e. The van der Waals surface area contributed by atoms with Gasteiger partial charge in [0.1, 0.15) is 0 Å². The summed E-state index contributed by atoms with van der Waals surface area (Å²) >= 11 is 0. The second-order valence-corrected chi connectivity index (χ2v) is 4.96. The average molecular weight is 209 g/mol. The number of nitrogens with zero attached hydrogens (tertiary/aromatic N) is 2. The monoisotopic (exact) mass is 209 g/mol. The minimum absolute atomic E-state index is 0.120. The fraction of sp³-hybridized carbons (Fsp3) is 0.750. The molecule has 1 rings (SSSR count). The summed E-state index contributed by atoms with van der Waals surface area (Å²) in [6.07, 6.45) is 5.06. The maximum absolute atomic E-state index is 6.20. The Bertz CT molecular complexity index is 300. The molecule has 1 aromatic rings. The van der Waals surface area contributed by atoms with Crippen molar-refractivity contribution < 1.29 is 0 Å². The second-order valence-electron chi connectivity index (χ2n) is 4.96. The Labute approximate surface area is 92.7 Å². The number of hydrogen-bond acceptors (Lipinski definition) is 2. The van der Waals surface area contributed by atoms with Gasteiger partial charge in [-0.2, -0.15) is 5.10 Å². The van der Waals surface area contributed by atoms with Crippen molar-refractivity contribution in [2.75, 3.05) is 0 Å². The van der Waals surface area contributed by atoms with Crippen molar-refractivity contribution in [1.29, 1.82) is 0 Å². The third-order valence-corrected chi connectivity index (χ3v) is 2.60. The standard InChI is InChI=1S/C12H23N3/c1-5-7-12(4,13)9-11-6-8-15(14-11)10(2)3/h6,8,10H,5,7,9,13H2,1-4H3. The van der Waals surface area contributed by atoms with E-state index in [1.807, 2.05) is 10.9 Å². The van der Waals surface area contributed by atoms with Gasteiger partial charge in [-0.15, -0.1) is 0 Å². The van der Waals surface area contributed by atoms with Crippen LogP contribution in [-0.4, -0.2) is 15.3 Å². The van der Waals surface area contributed by atoms with E-state index in [9.17, 15) is 0 Å². The molecule has 0 aliphatic heterocycles. The molecule has 86 valence electrons. The lowest BCUT2D eigenvalue weighted by atomic mass is 9.92. The van der Waals surface area contributed by atoms with Crippen LogP contribution in [0.15, 0.2) is 12.3 Å². The summed E-state index contributed by atoms with van der Waals surface area (Å²) in [5.41, 5.74) is 7.17. The Morgan fingerprint density at radius 3 is 2.67 bits per heavy atom. The Balaban J connectivity index is 2.64. The summed E-state index contributed by atoms with van der Waals surface area (Å²) in [6, 6.07) is 2.50. The van der Waals surface area contributed by atoms with Crippen LogP contribution in [0.2, 0.25) is 0 Å². The minimum atomic E-state index is -0.120. The maximum atomic E-state index is 6.20. The number of hydrogen-bond donors (Lipinski definition) is 1. The van der Waals surface area contributed by atoms with Crippen molar-refractivity contribution in [3.05, 3.63) is 18.0 Å². The molecular formula is C12H23N3. The van der Waals surface area contributed by atoms with Crippen LogP contribution < -0.4 is 5.73 Å². The molecule has 1 aromatic heterocycles. The molecule has 1 heterocycles. The summed E-state index contributed by atoms with van der Waals surface area (Å²) in [6.45, 7) is 8.53. The van der Waals surface area contributed by atoms with Crippen molar-refractivity contribution in [3.63, 3.8) is 0 Å². The zero-order valence-corrected chi connectivity index (χ0v) is 10.3. The third-order valence-electron chi connectivity index (χ3n) is 2.60. The first kappa shape index (κ1) is 12.2. The number of aromatic nitrogens is 2. The molecule has 3 nitrogen and oxygen atoms in total. The van der Waals surface area contributed by atoms with Gasteiger partial charge in [-0.1, -0.05) is 13.3 Å². The first-order valence-corrected chi connectivity index (χ1v) is 5.77. The van der Waals surface area contributed by atoms with Crippen LogP contribution >= 0.6 is 0 Å². The van der Waals surface area contributed by atoms with Gasteiger partial charge in [0.15, 0.2) is 0 Å². The molecule has 0 aromatic carbocycles.